The van der Waals surface area contributed by atoms with Crippen LogP contribution in [0.25, 0.3) is 0 Å². The third kappa shape index (κ3) is 3.53. The van der Waals surface area contributed by atoms with Gasteiger partial charge in [0.05, 0.1) is 11.9 Å². The van der Waals surface area contributed by atoms with Crippen LogP contribution in [0.3, 0.4) is 0 Å². The molecule has 2 aromatic heterocycles. The van der Waals surface area contributed by atoms with E-state index in [4.69, 9.17) is 0 Å². The number of hydrogen-bond donors (Lipinski definition) is 2. The Morgan fingerprint density at radius 3 is 2.90 bits per heavy atom. The first kappa shape index (κ1) is 14.4. The fourth-order valence-corrected chi connectivity index (χ4v) is 2.15. The van der Waals surface area contributed by atoms with E-state index < -0.39 is 0 Å². The first-order chi connectivity index (χ1) is 9.60. The number of hydrogen-bond acceptors (Lipinski definition) is 6. The molecule has 0 spiro atoms. The molecule has 2 rings (SSSR count). The van der Waals surface area contributed by atoms with Gasteiger partial charge in [0, 0.05) is 18.8 Å². The smallest absolute Gasteiger partial charge is 0.286 e. The van der Waals surface area contributed by atoms with Crippen LogP contribution in [0.4, 0.5) is 10.8 Å². The lowest BCUT2D eigenvalue weighted by Gasteiger charge is -2.03. The molecule has 2 aromatic rings. The van der Waals surface area contributed by atoms with E-state index in [9.17, 15) is 4.79 Å². The van der Waals surface area contributed by atoms with Crippen molar-refractivity contribution < 1.29 is 4.79 Å². The molecular weight excluding hydrogens is 276 g/mol. The van der Waals surface area contributed by atoms with Gasteiger partial charge in [-0.2, -0.15) is 5.10 Å². The monoisotopic (exact) mass is 294 g/mol. The summed E-state index contributed by atoms with van der Waals surface area (Å²) < 4.78 is 1.78. The minimum atomic E-state index is -0.268. The van der Waals surface area contributed by atoms with Crippen molar-refractivity contribution in [1.29, 1.82) is 0 Å². The molecule has 0 unspecified atom stereocenters. The molecule has 1 amide bonds. The molecule has 2 heterocycles. The van der Waals surface area contributed by atoms with Gasteiger partial charge in [-0.1, -0.05) is 18.3 Å². The maximum Gasteiger partial charge on any atom is 0.286 e. The molecule has 0 saturated carbocycles. The van der Waals surface area contributed by atoms with Crippen LogP contribution in [-0.4, -0.2) is 32.4 Å². The molecule has 0 bridgehead atoms. The molecule has 2 N–H and O–H groups in total. The number of anilines is 2. The molecule has 0 aliphatic carbocycles. The van der Waals surface area contributed by atoms with Crippen molar-refractivity contribution in [3.8, 4) is 0 Å². The Kier molecular flexibility index (Phi) is 4.67. The topological polar surface area (TPSA) is 84.7 Å². The van der Waals surface area contributed by atoms with Gasteiger partial charge in [-0.15, -0.1) is 10.2 Å². The van der Waals surface area contributed by atoms with Gasteiger partial charge >= 0.3 is 0 Å². The first-order valence-electron chi connectivity index (χ1n) is 6.53. The molecular formula is C12H18N6OS. The van der Waals surface area contributed by atoms with Crippen LogP contribution in [0.15, 0.2) is 12.4 Å². The highest BCUT2D eigenvalue weighted by atomic mass is 32.1. The van der Waals surface area contributed by atoms with Crippen LogP contribution < -0.4 is 10.6 Å². The summed E-state index contributed by atoms with van der Waals surface area (Å²) in [5.74, 6) is -0.268. The van der Waals surface area contributed by atoms with Crippen LogP contribution >= 0.6 is 11.3 Å². The zero-order chi connectivity index (χ0) is 14.5. The molecule has 108 valence electrons. The molecule has 0 radical (unpaired) electrons. The number of nitrogens with one attached hydrogen (secondary N) is 2. The van der Waals surface area contributed by atoms with Gasteiger partial charge in [-0.3, -0.25) is 9.48 Å². The van der Waals surface area contributed by atoms with Crippen LogP contribution in [0, 0.1) is 0 Å². The summed E-state index contributed by atoms with van der Waals surface area (Å²) in [5, 5.41) is 18.8. The highest BCUT2D eigenvalue weighted by Crippen LogP contribution is 2.17. The van der Waals surface area contributed by atoms with Crippen molar-refractivity contribution in [2.24, 2.45) is 0 Å². The summed E-state index contributed by atoms with van der Waals surface area (Å²) in [7, 11) is 0. The van der Waals surface area contributed by atoms with Gasteiger partial charge in [-0.05, 0) is 20.3 Å². The van der Waals surface area contributed by atoms with E-state index >= 15 is 0 Å². The Bertz CT molecular complexity index is 576. The first-order valence-corrected chi connectivity index (χ1v) is 7.34. The summed E-state index contributed by atoms with van der Waals surface area (Å²) in [6, 6.07) is 0.257. The standard InChI is InChI=1S/C12H18N6OS/c1-4-5-13-12-17-16-11(20-12)10(19)15-9-6-14-18(7-9)8(2)3/h6-8H,4-5H2,1-3H3,(H,13,17)(H,15,19). The zero-order valence-corrected chi connectivity index (χ0v) is 12.6. The van der Waals surface area contributed by atoms with Gasteiger partial charge in [0.25, 0.3) is 5.91 Å². The van der Waals surface area contributed by atoms with E-state index in [1.165, 1.54) is 11.3 Å². The molecule has 0 fully saturated rings. The van der Waals surface area contributed by atoms with Crippen LogP contribution in [0.5, 0.6) is 0 Å². The van der Waals surface area contributed by atoms with E-state index in [-0.39, 0.29) is 11.9 Å². The van der Waals surface area contributed by atoms with Crippen LogP contribution in [-0.2, 0) is 0 Å². The number of aromatic nitrogens is 4. The predicted octanol–water partition coefficient (Wildman–Crippen LogP) is 2.39. The average molecular weight is 294 g/mol. The number of nitrogens with zero attached hydrogens (tertiary/aromatic N) is 4. The van der Waals surface area contributed by atoms with Gasteiger partial charge < -0.3 is 10.6 Å². The Balaban J connectivity index is 1.98. The number of carbonyl (C=O) groups is 1. The molecule has 0 aliphatic heterocycles. The largest absolute Gasteiger partial charge is 0.360 e. The molecule has 20 heavy (non-hydrogen) atoms. The van der Waals surface area contributed by atoms with E-state index in [0.29, 0.717) is 15.8 Å². The molecule has 0 saturated heterocycles. The van der Waals surface area contributed by atoms with E-state index in [0.717, 1.165) is 13.0 Å². The Labute approximate surface area is 121 Å². The van der Waals surface area contributed by atoms with Crippen molar-refractivity contribution in [2.75, 3.05) is 17.2 Å². The Morgan fingerprint density at radius 2 is 2.25 bits per heavy atom. The minimum absolute atomic E-state index is 0.257. The molecule has 0 aromatic carbocycles. The fourth-order valence-electron chi connectivity index (χ4n) is 1.49. The summed E-state index contributed by atoms with van der Waals surface area (Å²) in [4.78, 5) is 12.0. The van der Waals surface area contributed by atoms with Gasteiger partial charge in [0.1, 0.15) is 0 Å². The Morgan fingerprint density at radius 1 is 1.45 bits per heavy atom. The molecule has 7 nitrogen and oxygen atoms in total. The highest BCUT2D eigenvalue weighted by molar-refractivity contribution is 7.17. The third-order valence-electron chi connectivity index (χ3n) is 2.53. The summed E-state index contributed by atoms with van der Waals surface area (Å²) >= 11 is 1.24. The second kappa shape index (κ2) is 6.47. The van der Waals surface area contributed by atoms with E-state index in [2.05, 4.69) is 32.9 Å². The van der Waals surface area contributed by atoms with Crippen molar-refractivity contribution >= 4 is 28.1 Å². The summed E-state index contributed by atoms with van der Waals surface area (Å²) in [6.07, 6.45) is 4.41. The van der Waals surface area contributed by atoms with Crippen LogP contribution in [0.1, 0.15) is 43.0 Å². The van der Waals surface area contributed by atoms with Crippen molar-refractivity contribution in [1.82, 2.24) is 20.0 Å². The van der Waals surface area contributed by atoms with Crippen molar-refractivity contribution in [2.45, 2.75) is 33.2 Å². The quantitative estimate of drug-likeness (QED) is 0.854. The lowest BCUT2D eigenvalue weighted by molar-refractivity contribution is 0.102. The normalized spacial score (nSPS) is 10.8. The van der Waals surface area contributed by atoms with Gasteiger partial charge in [0.2, 0.25) is 10.1 Å². The fraction of sp³-hybridized carbons (Fsp3) is 0.500. The van der Waals surface area contributed by atoms with Crippen LogP contribution in [0.2, 0.25) is 0 Å². The number of rotatable bonds is 6. The zero-order valence-electron chi connectivity index (χ0n) is 11.8. The Hall–Kier alpha value is -1.96. The van der Waals surface area contributed by atoms with Crippen molar-refractivity contribution in [3.05, 3.63) is 17.4 Å². The lowest BCUT2D eigenvalue weighted by atomic mass is 10.4. The maximum atomic E-state index is 12.0. The molecule has 0 atom stereocenters. The second-order valence-electron chi connectivity index (χ2n) is 4.60. The summed E-state index contributed by atoms with van der Waals surface area (Å²) in [6.45, 7) is 6.93. The molecule has 8 heteroatoms. The van der Waals surface area contributed by atoms with E-state index in [1.54, 1.807) is 17.1 Å². The minimum Gasteiger partial charge on any atom is -0.360 e. The number of carbonyl (C=O) groups excluding carboxylic acids is 1. The predicted molar refractivity (Wildman–Crippen MR) is 79.3 cm³/mol. The average Bonchev–Trinajstić information content (AvgIpc) is 3.04. The number of amides is 1. The maximum absolute atomic E-state index is 12.0. The molecule has 0 aliphatic rings. The second-order valence-corrected chi connectivity index (χ2v) is 5.57. The SMILES string of the molecule is CCCNc1nnc(C(=O)Nc2cnn(C(C)C)c2)s1. The lowest BCUT2D eigenvalue weighted by Crippen LogP contribution is -2.11. The van der Waals surface area contributed by atoms with Gasteiger partial charge in [0.15, 0.2) is 0 Å². The highest BCUT2D eigenvalue weighted by Gasteiger charge is 2.14. The van der Waals surface area contributed by atoms with Gasteiger partial charge in [-0.25, -0.2) is 0 Å². The third-order valence-corrected chi connectivity index (χ3v) is 3.41. The van der Waals surface area contributed by atoms with Crippen molar-refractivity contribution in [3.63, 3.8) is 0 Å². The van der Waals surface area contributed by atoms with E-state index in [1.807, 2.05) is 13.8 Å². The summed E-state index contributed by atoms with van der Waals surface area (Å²) in [5.41, 5.74) is 0.655.